The van der Waals surface area contributed by atoms with Crippen molar-refractivity contribution in [2.45, 2.75) is 45.8 Å². The zero-order valence-corrected chi connectivity index (χ0v) is 10.7. The summed E-state index contributed by atoms with van der Waals surface area (Å²) >= 11 is 0. The lowest BCUT2D eigenvalue weighted by Gasteiger charge is -2.34. The number of nitrogens with zero attached hydrogens (tertiary/aromatic N) is 1. The second-order valence-electron chi connectivity index (χ2n) is 5.10. The largest absolute Gasteiger partial charge is 0.478 e. The number of carbonyl (C=O) groups is 2. The lowest BCUT2D eigenvalue weighted by atomic mass is 10.0. The minimum absolute atomic E-state index is 0.252. The number of carboxylic acid groups (broad SMARTS) is 1. The first-order chi connectivity index (χ1) is 7.72. The number of hydrogen-bond donors (Lipinski definition) is 1. The first-order valence-electron chi connectivity index (χ1n) is 5.65. The lowest BCUT2D eigenvalue weighted by molar-refractivity contribution is -0.133. The van der Waals surface area contributed by atoms with Crippen molar-refractivity contribution in [2.24, 2.45) is 0 Å². The number of hydrogen-bond acceptors (Lipinski definition) is 3. The highest BCUT2D eigenvalue weighted by Gasteiger charge is 2.32. The van der Waals surface area contributed by atoms with Gasteiger partial charge in [0.25, 0.3) is 0 Å². The van der Waals surface area contributed by atoms with Crippen LogP contribution in [0.4, 0.5) is 4.79 Å². The van der Waals surface area contributed by atoms with Gasteiger partial charge in [-0.05, 0) is 34.1 Å². The summed E-state index contributed by atoms with van der Waals surface area (Å²) in [5.41, 5.74) is -0.316. The Kier molecular flexibility index (Phi) is 3.80. The quantitative estimate of drug-likeness (QED) is 0.762. The zero-order chi connectivity index (χ0) is 13.2. The van der Waals surface area contributed by atoms with Gasteiger partial charge in [0, 0.05) is 6.54 Å². The number of carboxylic acids is 1. The second-order valence-corrected chi connectivity index (χ2v) is 5.10. The van der Waals surface area contributed by atoms with Crippen LogP contribution in [0.15, 0.2) is 11.6 Å². The molecular weight excluding hydrogens is 222 g/mol. The van der Waals surface area contributed by atoms with Gasteiger partial charge in [0.05, 0.1) is 11.6 Å². The number of aliphatic carboxylic acids is 1. The highest BCUT2D eigenvalue weighted by molar-refractivity contribution is 5.89. The van der Waals surface area contributed by atoms with E-state index in [0.29, 0.717) is 13.0 Å². The molecule has 0 aromatic carbocycles. The maximum absolute atomic E-state index is 11.9. The molecule has 1 atom stereocenters. The van der Waals surface area contributed by atoms with Crippen LogP contribution in [0.25, 0.3) is 0 Å². The van der Waals surface area contributed by atoms with Crippen molar-refractivity contribution in [3.8, 4) is 0 Å². The summed E-state index contributed by atoms with van der Waals surface area (Å²) in [7, 11) is 0. The van der Waals surface area contributed by atoms with E-state index in [0.717, 1.165) is 0 Å². The molecule has 17 heavy (non-hydrogen) atoms. The van der Waals surface area contributed by atoms with E-state index < -0.39 is 23.7 Å². The van der Waals surface area contributed by atoms with Gasteiger partial charge in [-0.3, -0.25) is 0 Å². The molecule has 1 N–H and O–H groups in total. The fraction of sp³-hybridized carbons (Fsp3) is 0.667. The number of ether oxygens (including phenoxy) is 1. The van der Waals surface area contributed by atoms with Gasteiger partial charge < -0.3 is 14.7 Å². The van der Waals surface area contributed by atoms with Gasteiger partial charge in [-0.15, -0.1) is 0 Å². The van der Waals surface area contributed by atoms with Gasteiger partial charge in [0.2, 0.25) is 0 Å². The molecule has 1 amide bonds. The normalized spacial score (nSPS) is 20.8. The van der Waals surface area contributed by atoms with Crippen LogP contribution in [0.3, 0.4) is 0 Å². The van der Waals surface area contributed by atoms with Crippen LogP contribution in [0, 0.1) is 0 Å². The van der Waals surface area contributed by atoms with E-state index in [-0.39, 0.29) is 5.57 Å². The second kappa shape index (κ2) is 4.77. The lowest BCUT2D eigenvalue weighted by Crippen LogP contribution is -2.46. The molecule has 0 saturated heterocycles. The summed E-state index contributed by atoms with van der Waals surface area (Å²) in [5.74, 6) is -0.981. The third-order valence-corrected chi connectivity index (χ3v) is 2.53. The molecule has 1 aliphatic rings. The van der Waals surface area contributed by atoms with E-state index in [4.69, 9.17) is 9.84 Å². The predicted octanol–water partition coefficient (Wildman–Crippen LogP) is 2.03. The van der Waals surface area contributed by atoms with Crippen molar-refractivity contribution in [2.75, 3.05) is 6.54 Å². The zero-order valence-electron chi connectivity index (χ0n) is 10.7. The van der Waals surface area contributed by atoms with Gasteiger partial charge in [0.15, 0.2) is 0 Å². The van der Waals surface area contributed by atoms with Crippen LogP contribution in [0.5, 0.6) is 0 Å². The Balaban J connectivity index is 2.77. The Morgan fingerprint density at radius 1 is 1.47 bits per heavy atom. The highest BCUT2D eigenvalue weighted by atomic mass is 16.6. The van der Waals surface area contributed by atoms with Gasteiger partial charge in [-0.25, -0.2) is 9.59 Å². The maximum Gasteiger partial charge on any atom is 0.410 e. The molecule has 0 bridgehead atoms. The Morgan fingerprint density at radius 3 is 2.53 bits per heavy atom. The van der Waals surface area contributed by atoms with Crippen molar-refractivity contribution in [3.63, 3.8) is 0 Å². The molecule has 0 aromatic rings. The number of amides is 1. The molecule has 0 aliphatic carbocycles. The van der Waals surface area contributed by atoms with E-state index >= 15 is 0 Å². The Morgan fingerprint density at radius 2 is 2.06 bits per heavy atom. The average Bonchev–Trinajstić information content (AvgIpc) is 2.14. The standard InChI is InChI=1S/C12H19NO4/c1-8-9(10(14)15)6-5-7-13(8)11(16)17-12(2,3)4/h6,8H,5,7H2,1-4H3,(H,14,15). The van der Waals surface area contributed by atoms with Crippen molar-refractivity contribution in [1.82, 2.24) is 4.90 Å². The Bertz CT molecular complexity index is 354. The first-order valence-corrected chi connectivity index (χ1v) is 5.65. The van der Waals surface area contributed by atoms with E-state index in [1.165, 1.54) is 4.90 Å². The summed E-state index contributed by atoms with van der Waals surface area (Å²) in [4.78, 5) is 24.3. The molecule has 0 saturated carbocycles. The van der Waals surface area contributed by atoms with Gasteiger partial charge in [0.1, 0.15) is 5.60 Å². The van der Waals surface area contributed by atoms with E-state index in [2.05, 4.69) is 0 Å². The van der Waals surface area contributed by atoms with Crippen molar-refractivity contribution >= 4 is 12.1 Å². The van der Waals surface area contributed by atoms with Gasteiger partial charge in [-0.1, -0.05) is 6.08 Å². The SMILES string of the molecule is CC1C(C(=O)O)=CCCN1C(=O)OC(C)(C)C. The van der Waals surface area contributed by atoms with Crippen LogP contribution < -0.4 is 0 Å². The predicted molar refractivity (Wildman–Crippen MR) is 62.7 cm³/mol. The van der Waals surface area contributed by atoms with Crippen LogP contribution >= 0.6 is 0 Å². The molecule has 5 heteroatoms. The van der Waals surface area contributed by atoms with Crippen LogP contribution in [0.2, 0.25) is 0 Å². The third-order valence-electron chi connectivity index (χ3n) is 2.53. The first kappa shape index (κ1) is 13.5. The Hall–Kier alpha value is -1.52. The molecule has 96 valence electrons. The summed E-state index contributed by atoms with van der Waals surface area (Å²) in [5, 5.41) is 8.99. The van der Waals surface area contributed by atoms with Crippen LogP contribution in [-0.4, -0.2) is 40.3 Å². The Labute approximate surface area is 101 Å². The number of rotatable bonds is 1. The van der Waals surface area contributed by atoms with Gasteiger partial charge >= 0.3 is 12.1 Å². The van der Waals surface area contributed by atoms with Crippen molar-refractivity contribution in [3.05, 3.63) is 11.6 Å². The molecular formula is C12H19NO4. The smallest absolute Gasteiger partial charge is 0.410 e. The van der Waals surface area contributed by atoms with E-state index in [1.807, 2.05) is 0 Å². The molecule has 0 radical (unpaired) electrons. The van der Waals surface area contributed by atoms with E-state index in [1.54, 1.807) is 33.8 Å². The molecule has 1 rings (SSSR count). The monoisotopic (exact) mass is 241 g/mol. The third kappa shape index (κ3) is 3.47. The minimum Gasteiger partial charge on any atom is -0.478 e. The molecule has 5 nitrogen and oxygen atoms in total. The molecule has 1 unspecified atom stereocenters. The summed E-state index contributed by atoms with van der Waals surface area (Å²) in [6, 6.07) is -0.448. The maximum atomic E-state index is 11.9. The van der Waals surface area contributed by atoms with Crippen molar-refractivity contribution < 1.29 is 19.4 Å². The fourth-order valence-electron chi connectivity index (χ4n) is 1.73. The molecule has 0 fully saturated rings. The topological polar surface area (TPSA) is 66.8 Å². The minimum atomic E-state index is -0.981. The fourth-order valence-corrected chi connectivity index (χ4v) is 1.73. The van der Waals surface area contributed by atoms with Gasteiger partial charge in [-0.2, -0.15) is 0 Å². The molecule has 1 heterocycles. The number of carbonyl (C=O) groups excluding carboxylic acids is 1. The van der Waals surface area contributed by atoms with E-state index in [9.17, 15) is 9.59 Å². The average molecular weight is 241 g/mol. The summed E-state index contributed by atoms with van der Waals surface area (Å²) in [6.07, 6.45) is 1.75. The molecule has 1 aliphatic heterocycles. The van der Waals surface area contributed by atoms with Crippen molar-refractivity contribution in [1.29, 1.82) is 0 Å². The summed E-state index contributed by atoms with van der Waals surface area (Å²) in [6.45, 7) is 7.55. The van der Waals surface area contributed by atoms with Crippen LogP contribution in [-0.2, 0) is 9.53 Å². The highest BCUT2D eigenvalue weighted by Crippen LogP contribution is 2.20. The molecule has 0 aromatic heterocycles. The van der Waals surface area contributed by atoms with Crippen LogP contribution in [0.1, 0.15) is 34.1 Å². The molecule has 0 spiro atoms. The summed E-state index contributed by atoms with van der Waals surface area (Å²) < 4.78 is 5.24.